The summed E-state index contributed by atoms with van der Waals surface area (Å²) in [6, 6.07) is 0.0700. The molecule has 4 nitrogen and oxygen atoms in total. The van der Waals surface area contributed by atoms with Crippen molar-refractivity contribution >= 4 is 5.91 Å². The molecule has 19 heavy (non-hydrogen) atoms. The lowest BCUT2D eigenvalue weighted by Gasteiger charge is -2.39. The summed E-state index contributed by atoms with van der Waals surface area (Å²) in [6.07, 6.45) is 7.14. The number of rotatable bonds is 6. The molecule has 2 rings (SSSR count). The fourth-order valence-electron chi connectivity index (χ4n) is 3.54. The summed E-state index contributed by atoms with van der Waals surface area (Å²) in [7, 11) is 4.33. The highest BCUT2D eigenvalue weighted by Gasteiger charge is 2.41. The molecule has 0 bridgehead atoms. The van der Waals surface area contributed by atoms with E-state index in [1.807, 2.05) is 0 Å². The van der Waals surface area contributed by atoms with Crippen molar-refractivity contribution in [2.24, 2.45) is 0 Å². The van der Waals surface area contributed by atoms with Crippen LogP contribution < -0.4 is 5.32 Å². The fraction of sp³-hybridized carbons (Fsp3) is 0.933. The first-order valence-corrected chi connectivity index (χ1v) is 7.79. The molecule has 1 saturated heterocycles. The van der Waals surface area contributed by atoms with Gasteiger partial charge in [-0.05, 0) is 46.3 Å². The third-order valence-corrected chi connectivity index (χ3v) is 4.91. The molecule has 1 amide bonds. The van der Waals surface area contributed by atoms with Crippen molar-refractivity contribution in [3.63, 3.8) is 0 Å². The van der Waals surface area contributed by atoms with E-state index in [0.717, 1.165) is 32.5 Å². The zero-order valence-electron chi connectivity index (χ0n) is 12.7. The second kappa shape index (κ2) is 6.23. The average molecular weight is 267 g/mol. The van der Waals surface area contributed by atoms with E-state index in [9.17, 15) is 4.79 Å². The Balaban J connectivity index is 1.94. The maximum Gasteiger partial charge on any atom is 0.239 e. The first-order chi connectivity index (χ1) is 9.09. The van der Waals surface area contributed by atoms with Crippen molar-refractivity contribution in [2.75, 3.05) is 33.7 Å². The molecule has 1 saturated carbocycles. The molecule has 1 heterocycles. The van der Waals surface area contributed by atoms with Crippen molar-refractivity contribution in [3.8, 4) is 0 Å². The SMILES string of the molecule is CCCNC1CCN(CC2(N(C)C)CCCC2)C1=O. The summed E-state index contributed by atoms with van der Waals surface area (Å²) >= 11 is 0. The van der Waals surface area contributed by atoms with Crippen molar-refractivity contribution in [2.45, 2.75) is 57.0 Å². The average Bonchev–Trinajstić information content (AvgIpc) is 2.98. The summed E-state index contributed by atoms with van der Waals surface area (Å²) in [6.45, 7) is 4.94. The third-order valence-electron chi connectivity index (χ3n) is 4.91. The topological polar surface area (TPSA) is 35.6 Å². The number of likely N-dealkylation sites (N-methyl/N-ethyl adjacent to an activating group) is 1. The van der Waals surface area contributed by atoms with Crippen LogP contribution in [0, 0.1) is 0 Å². The minimum atomic E-state index is 0.0700. The van der Waals surface area contributed by atoms with E-state index in [-0.39, 0.29) is 11.6 Å². The van der Waals surface area contributed by atoms with Crippen molar-refractivity contribution in [1.82, 2.24) is 15.1 Å². The number of nitrogens with one attached hydrogen (secondary N) is 1. The van der Waals surface area contributed by atoms with Crippen molar-refractivity contribution in [1.29, 1.82) is 0 Å². The van der Waals surface area contributed by atoms with Crippen LogP contribution in [0.2, 0.25) is 0 Å². The predicted octanol–water partition coefficient (Wildman–Crippen LogP) is 1.46. The van der Waals surface area contributed by atoms with E-state index in [0.29, 0.717) is 5.91 Å². The normalized spacial score (nSPS) is 26.6. The van der Waals surface area contributed by atoms with Crippen LogP contribution in [0.4, 0.5) is 0 Å². The van der Waals surface area contributed by atoms with Gasteiger partial charge in [0.25, 0.3) is 0 Å². The Morgan fingerprint density at radius 2 is 2.05 bits per heavy atom. The number of amides is 1. The van der Waals surface area contributed by atoms with E-state index in [2.05, 4.69) is 36.1 Å². The molecular weight excluding hydrogens is 238 g/mol. The predicted molar refractivity (Wildman–Crippen MR) is 78.2 cm³/mol. The van der Waals surface area contributed by atoms with E-state index < -0.39 is 0 Å². The molecule has 1 N–H and O–H groups in total. The van der Waals surface area contributed by atoms with Gasteiger partial charge < -0.3 is 15.1 Å². The van der Waals surface area contributed by atoms with Crippen molar-refractivity contribution in [3.05, 3.63) is 0 Å². The molecule has 0 radical (unpaired) electrons. The Morgan fingerprint density at radius 3 is 2.63 bits per heavy atom. The largest absolute Gasteiger partial charge is 0.339 e. The van der Waals surface area contributed by atoms with Gasteiger partial charge in [0.05, 0.1) is 6.04 Å². The zero-order chi connectivity index (χ0) is 13.9. The Hall–Kier alpha value is -0.610. The van der Waals surface area contributed by atoms with Gasteiger partial charge in [0.15, 0.2) is 0 Å². The number of carbonyl (C=O) groups is 1. The quantitative estimate of drug-likeness (QED) is 0.791. The van der Waals surface area contributed by atoms with Gasteiger partial charge in [-0.3, -0.25) is 4.79 Å². The Morgan fingerprint density at radius 1 is 1.37 bits per heavy atom. The van der Waals surface area contributed by atoms with Gasteiger partial charge >= 0.3 is 0 Å². The second-order valence-corrected chi connectivity index (χ2v) is 6.38. The van der Waals surface area contributed by atoms with Gasteiger partial charge in [0.2, 0.25) is 5.91 Å². The van der Waals surface area contributed by atoms with Crippen LogP contribution in [0.1, 0.15) is 45.4 Å². The lowest BCUT2D eigenvalue weighted by Crippen LogP contribution is -2.52. The molecule has 1 aliphatic heterocycles. The van der Waals surface area contributed by atoms with Gasteiger partial charge in [-0.15, -0.1) is 0 Å². The lowest BCUT2D eigenvalue weighted by atomic mass is 9.95. The molecule has 0 aromatic rings. The molecular formula is C15H29N3O. The smallest absolute Gasteiger partial charge is 0.239 e. The highest BCUT2D eigenvalue weighted by atomic mass is 16.2. The van der Waals surface area contributed by atoms with E-state index >= 15 is 0 Å². The maximum atomic E-state index is 12.4. The minimum absolute atomic E-state index is 0.0700. The Bertz CT molecular complexity index is 311. The van der Waals surface area contributed by atoms with E-state index in [1.165, 1.54) is 25.7 Å². The van der Waals surface area contributed by atoms with Gasteiger partial charge in [-0.1, -0.05) is 19.8 Å². The second-order valence-electron chi connectivity index (χ2n) is 6.38. The first kappa shape index (κ1) is 14.8. The van der Waals surface area contributed by atoms with Crippen molar-refractivity contribution < 1.29 is 4.79 Å². The van der Waals surface area contributed by atoms with Gasteiger partial charge in [-0.2, -0.15) is 0 Å². The van der Waals surface area contributed by atoms with Gasteiger partial charge in [0.1, 0.15) is 0 Å². The Kier molecular flexibility index (Phi) is 4.85. The molecule has 0 aromatic carbocycles. The molecule has 1 atom stereocenters. The number of hydrogen-bond donors (Lipinski definition) is 1. The van der Waals surface area contributed by atoms with Crippen LogP contribution in [0.15, 0.2) is 0 Å². The standard InChI is InChI=1S/C15H29N3O/c1-4-10-16-13-7-11-18(14(13)19)12-15(17(2)3)8-5-6-9-15/h13,16H,4-12H2,1-3H3. The van der Waals surface area contributed by atoms with Gasteiger partial charge in [-0.25, -0.2) is 0 Å². The van der Waals surface area contributed by atoms with Crippen LogP contribution in [0.5, 0.6) is 0 Å². The number of hydrogen-bond acceptors (Lipinski definition) is 3. The molecule has 2 fully saturated rings. The summed E-state index contributed by atoms with van der Waals surface area (Å²) in [4.78, 5) is 16.9. The molecule has 4 heteroatoms. The summed E-state index contributed by atoms with van der Waals surface area (Å²) in [5.41, 5.74) is 0.231. The number of carbonyl (C=O) groups excluding carboxylic acids is 1. The van der Waals surface area contributed by atoms with E-state index in [1.54, 1.807) is 0 Å². The maximum absolute atomic E-state index is 12.4. The summed E-state index contributed by atoms with van der Waals surface area (Å²) in [5.74, 6) is 0.321. The van der Waals surface area contributed by atoms with Gasteiger partial charge in [0, 0.05) is 18.6 Å². The highest BCUT2D eigenvalue weighted by Crippen LogP contribution is 2.35. The fourth-order valence-corrected chi connectivity index (χ4v) is 3.54. The van der Waals surface area contributed by atoms with Crippen LogP contribution in [0.25, 0.3) is 0 Å². The van der Waals surface area contributed by atoms with E-state index in [4.69, 9.17) is 0 Å². The van der Waals surface area contributed by atoms with Crippen LogP contribution in [-0.4, -0.2) is 61.0 Å². The molecule has 0 spiro atoms. The van der Waals surface area contributed by atoms with Crippen LogP contribution in [-0.2, 0) is 4.79 Å². The summed E-state index contributed by atoms with van der Waals surface area (Å²) in [5, 5.41) is 3.37. The lowest BCUT2D eigenvalue weighted by molar-refractivity contribution is -0.131. The zero-order valence-corrected chi connectivity index (χ0v) is 12.7. The number of nitrogens with zero attached hydrogens (tertiary/aromatic N) is 2. The van der Waals surface area contributed by atoms with Crippen LogP contribution in [0.3, 0.4) is 0 Å². The number of likely N-dealkylation sites (tertiary alicyclic amines) is 1. The molecule has 2 aliphatic rings. The van der Waals surface area contributed by atoms with Crippen LogP contribution >= 0.6 is 0 Å². The molecule has 1 unspecified atom stereocenters. The minimum Gasteiger partial charge on any atom is -0.339 e. The molecule has 1 aliphatic carbocycles. The highest BCUT2D eigenvalue weighted by molar-refractivity contribution is 5.84. The molecule has 0 aromatic heterocycles. The Labute approximate surface area is 117 Å². The first-order valence-electron chi connectivity index (χ1n) is 7.79. The summed E-state index contributed by atoms with van der Waals surface area (Å²) < 4.78 is 0. The molecule has 110 valence electrons. The monoisotopic (exact) mass is 267 g/mol. The third kappa shape index (κ3) is 3.11.